The number of benzene rings is 2. The van der Waals surface area contributed by atoms with E-state index in [4.69, 9.17) is 21.1 Å². The maximum absolute atomic E-state index is 13.2. The minimum atomic E-state index is -5.20. The number of β-amino-alcohol motifs (C(OH)–C–C–N with tert-alkyl or cyclic N) is 1. The van der Waals surface area contributed by atoms with Gasteiger partial charge < -0.3 is 34.2 Å². The molecule has 3 heterocycles. The maximum atomic E-state index is 13.2. The quantitative estimate of drug-likeness (QED) is 0.345. The number of ether oxygens (including phenoxy) is 3. The number of alkyl halides is 3. The number of carbonyl (C=O) groups is 2. The summed E-state index contributed by atoms with van der Waals surface area (Å²) in [5, 5.41) is 20.8. The highest BCUT2D eigenvalue weighted by Gasteiger charge is 2.43. The first kappa shape index (κ1) is 30.4. The normalized spacial score (nSPS) is 20.7. The van der Waals surface area contributed by atoms with Crippen LogP contribution in [-0.2, 0) is 11.2 Å². The van der Waals surface area contributed by atoms with E-state index in [2.05, 4.69) is 9.64 Å². The molecule has 2 fully saturated rings. The van der Waals surface area contributed by atoms with Crippen LogP contribution < -0.4 is 14.2 Å². The first-order valence-electron chi connectivity index (χ1n) is 13.8. The lowest BCUT2D eigenvalue weighted by Crippen LogP contribution is -2.49. The monoisotopic (exact) mass is 612 g/mol. The maximum Gasteiger partial charge on any atom is 0.491 e. The molecule has 2 aromatic carbocycles. The van der Waals surface area contributed by atoms with E-state index < -0.39 is 29.9 Å². The summed E-state index contributed by atoms with van der Waals surface area (Å²) in [5.41, 5.74) is 0.823. The summed E-state index contributed by atoms with van der Waals surface area (Å²) in [6, 6.07) is 8.96. The second-order valence-corrected chi connectivity index (χ2v) is 11.5. The van der Waals surface area contributed by atoms with Gasteiger partial charge in [-0.05, 0) is 42.3 Å². The van der Waals surface area contributed by atoms with Crippen LogP contribution in [0.1, 0.15) is 35.2 Å². The second kappa shape index (κ2) is 12.3. The zero-order valence-corrected chi connectivity index (χ0v) is 23.5. The molecule has 0 saturated carbocycles. The Bertz CT molecular complexity index is 1320. The number of likely N-dealkylation sites (tertiary alicyclic amines) is 2. The van der Waals surface area contributed by atoms with Crippen molar-refractivity contribution in [3.05, 3.63) is 52.5 Å². The highest BCUT2D eigenvalue weighted by molar-refractivity contribution is 6.30. The van der Waals surface area contributed by atoms with Crippen LogP contribution >= 0.6 is 11.6 Å². The van der Waals surface area contributed by atoms with Gasteiger partial charge in [-0.3, -0.25) is 4.79 Å². The van der Waals surface area contributed by atoms with Gasteiger partial charge in [-0.25, -0.2) is 4.79 Å². The Balaban J connectivity index is 1.20. The van der Waals surface area contributed by atoms with Crippen molar-refractivity contribution < 1.29 is 47.2 Å². The minimum absolute atomic E-state index is 0.0468. The number of halogens is 4. The van der Waals surface area contributed by atoms with Gasteiger partial charge in [-0.2, -0.15) is 13.2 Å². The first-order chi connectivity index (χ1) is 19.9. The van der Waals surface area contributed by atoms with Gasteiger partial charge in [0.05, 0.1) is 5.56 Å². The highest BCUT2D eigenvalue weighted by Crippen LogP contribution is 2.42. The summed E-state index contributed by atoms with van der Waals surface area (Å²) in [6.07, 6.45) is -3.29. The molecule has 2 saturated heterocycles. The van der Waals surface area contributed by atoms with Gasteiger partial charge in [-0.15, -0.1) is 0 Å². The lowest BCUT2D eigenvalue weighted by Gasteiger charge is -2.39. The van der Waals surface area contributed by atoms with Crippen molar-refractivity contribution in [1.29, 1.82) is 0 Å². The van der Waals surface area contributed by atoms with Crippen molar-refractivity contribution in [2.24, 2.45) is 5.92 Å². The van der Waals surface area contributed by atoms with E-state index in [9.17, 15) is 33.0 Å². The fraction of sp³-hybridized carbons (Fsp3) is 0.517. The fourth-order valence-corrected chi connectivity index (χ4v) is 5.92. The molecule has 0 bridgehead atoms. The zero-order valence-electron chi connectivity index (χ0n) is 22.7. The summed E-state index contributed by atoms with van der Waals surface area (Å²) in [4.78, 5) is 28.1. The van der Waals surface area contributed by atoms with E-state index in [1.54, 1.807) is 6.07 Å². The Morgan fingerprint density at radius 3 is 2.60 bits per heavy atom. The van der Waals surface area contributed by atoms with Crippen LogP contribution in [0, 0.1) is 5.92 Å². The molecule has 0 aromatic heterocycles. The smallest absolute Gasteiger partial charge is 0.490 e. The molecule has 2 atom stereocenters. The van der Waals surface area contributed by atoms with Gasteiger partial charge in [0.25, 0.3) is 5.91 Å². The summed E-state index contributed by atoms with van der Waals surface area (Å²) < 4.78 is 54.7. The van der Waals surface area contributed by atoms with Crippen molar-refractivity contribution in [3.8, 4) is 17.2 Å². The second-order valence-electron chi connectivity index (χ2n) is 11.1. The standard InChI is InChI=1S/C29H32ClF3N2O7/c30-20-1-4-24-19(11-20)13-28(42-24)6-9-34(10-7-28)15-21(37)17-40-25-12-22(41-27(39)29(31,32)33)2-3-23(25)26(38)35-8-5-18(14-35)16-36/h1-4,11-12,18,21,36-37H,5-10,13-17H2/t18?,21-/m1/s1. The molecule has 42 heavy (non-hydrogen) atoms. The van der Waals surface area contributed by atoms with E-state index in [-0.39, 0.29) is 42.6 Å². The van der Waals surface area contributed by atoms with Crippen molar-refractivity contribution in [3.63, 3.8) is 0 Å². The summed E-state index contributed by atoms with van der Waals surface area (Å²) in [7, 11) is 0. The Morgan fingerprint density at radius 1 is 1.14 bits per heavy atom. The van der Waals surface area contributed by atoms with Gasteiger partial charge in [0.1, 0.15) is 35.6 Å². The number of hydrogen-bond acceptors (Lipinski definition) is 8. The van der Waals surface area contributed by atoms with Crippen LogP contribution in [0.2, 0.25) is 5.02 Å². The topological polar surface area (TPSA) is 109 Å². The molecule has 228 valence electrons. The molecule has 3 aliphatic heterocycles. The van der Waals surface area contributed by atoms with Gasteiger partial charge in [-0.1, -0.05) is 11.6 Å². The Hall–Kier alpha value is -3.06. The molecular weight excluding hydrogens is 581 g/mol. The lowest BCUT2D eigenvalue weighted by atomic mass is 9.87. The highest BCUT2D eigenvalue weighted by atomic mass is 35.5. The predicted molar refractivity (Wildman–Crippen MR) is 145 cm³/mol. The van der Waals surface area contributed by atoms with Crippen molar-refractivity contribution >= 4 is 23.5 Å². The Morgan fingerprint density at radius 2 is 1.90 bits per heavy atom. The van der Waals surface area contributed by atoms with Crippen LogP contribution in [0.25, 0.3) is 0 Å². The largest absolute Gasteiger partial charge is 0.491 e. The molecular formula is C29H32ClF3N2O7. The minimum Gasteiger partial charge on any atom is -0.490 e. The third-order valence-electron chi connectivity index (χ3n) is 7.99. The molecule has 1 spiro atoms. The number of carbonyl (C=O) groups excluding carboxylic acids is 2. The molecule has 0 aliphatic carbocycles. The number of amides is 1. The predicted octanol–water partition coefficient (Wildman–Crippen LogP) is 3.47. The lowest BCUT2D eigenvalue weighted by molar-refractivity contribution is -0.189. The molecule has 2 N–H and O–H groups in total. The fourth-order valence-electron chi connectivity index (χ4n) is 5.72. The average Bonchev–Trinajstić information content (AvgIpc) is 3.57. The molecule has 1 amide bonds. The van der Waals surface area contributed by atoms with Crippen LogP contribution in [0.5, 0.6) is 17.2 Å². The molecule has 2 aromatic rings. The van der Waals surface area contributed by atoms with E-state index in [1.165, 1.54) is 11.0 Å². The van der Waals surface area contributed by atoms with Crippen LogP contribution in [0.3, 0.4) is 0 Å². The number of hydrogen-bond donors (Lipinski definition) is 2. The zero-order chi connectivity index (χ0) is 30.1. The number of piperidine rings is 1. The number of esters is 1. The van der Waals surface area contributed by atoms with Gasteiger partial charge in [0, 0.05) is 75.6 Å². The number of rotatable bonds is 8. The van der Waals surface area contributed by atoms with Crippen LogP contribution in [-0.4, -0.2) is 95.7 Å². The SMILES string of the molecule is O=C(c1ccc(OC(=O)C(F)(F)F)cc1OC[C@H](O)CN1CCC2(CC1)Cc1cc(Cl)ccc1O2)N1CCC(CO)C1. The van der Waals surface area contributed by atoms with E-state index >= 15 is 0 Å². The molecule has 1 unspecified atom stereocenters. The molecule has 0 radical (unpaired) electrons. The summed E-state index contributed by atoms with van der Waals surface area (Å²) >= 11 is 6.13. The van der Waals surface area contributed by atoms with E-state index in [0.717, 1.165) is 42.7 Å². The Labute approximate surface area is 245 Å². The van der Waals surface area contributed by atoms with Gasteiger partial charge in [0.15, 0.2) is 0 Å². The first-order valence-corrected chi connectivity index (χ1v) is 14.2. The van der Waals surface area contributed by atoms with Gasteiger partial charge in [0.2, 0.25) is 0 Å². The van der Waals surface area contributed by atoms with Crippen LogP contribution in [0.15, 0.2) is 36.4 Å². The third-order valence-corrected chi connectivity index (χ3v) is 8.22. The van der Waals surface area contributed by atoms with Crippen molar-refractivity contribution in [2.75, 3.05) is 45.9 Å². The summed E-state index contributed by atoms with van der Waals surface area (Å²) in [5.74, 6) is -2.64. The number of aliphatic hydroxyl groups excluding tert-OH is 2. The molecule has 9 nitrogen and oxygen atoms in total. The number of aliphatic hydroxyl groups is 2. The average molecular weight is 613 g/mol. The van der Waals surface area contributed by atoms with E-state index in [1.807, 2.05) is 12.1 Å². The number of nitrogens with zero attached hydrogens (tertiary/aromatic N) is 2. The molecule has 5 rings (SSSR count). The van der Waals surface area contributed by atoms with Crippen molar-refractivity contribution in [1.82, 2.24) is 9.80 Å². The van der Waals surface area contributed by atoms with Gasteiger partial charge >= 0.3 is 12.1 Å². The third kappa shape index (κ3) is 6.94. The number of fused-ring (bicyclic) bond motifs is 1. The summed E-state index contributed by atoms with van der Waals surface area (Å²) in [6.45, 7) is 2.01. The molecule has 13 heteroatoms. The van der Waals surface area contributed by atoms with E-state index in [0.29, 0.717) is 37.6 Å². The van der Waals surface area contributed by atoms with Crippen molar-refractivity contribution in [2.45, 2.75) is 43.6 Å². The Kier molecular flexibility index (Phi) is 8.89. The van der Waals surface area contributed by atoms with Crippen LogP contribution in [0.4, 0.5) is 13.2 Å². The molecule has 3 aliphatic rings.